The van der Waals surface area contributed by atoms with Gasteiger partial charge in [0.25, 0.3) is 5.56 Å². The van der Waals surface area contributed by atoms with E-state index < -0.39 is 0 Å². The first kappa shape index (κ1) is 12.3. The summed E-state index contributed by atoms with van der Waals surface area (Å²) in [6.45, 7) is 5.91. The molecule has 0 saturated heterocycles. The predicted octanol–water partition coefficient (Wildman–Crippen LogP) is 0.256. The fourth-order valence-corrected chi connectivity index (χ4v) is 1.92. The van der Waals surface area contributed by atoms with Gasteiger partial charge in [-0.15, -0.1) is 6.58 Å². The van der Waals surface area contributed by atoms with Crippen molar-refractivity contribution in [2.24, 2.45) is 20.0 Å². The molecule has 0 aromatic carbocycles. The number of imidazole rings is 1. The van der Waals surface area contributed by atoms with E-state index in [2.05, 4.69) is 11.6 Å². The Morgan fingerprint density at radius 2 is 2.11 bits per heavy atom. The first-order chi connectivity index (χ1) is 8.47. The van der Waals surface area contributed by atoms with Crippen LogP contribution < -0.4 is 11.2 Å². The van der Waals surface area contributed by atoms with E-state index in [1.807, 2.05) is 6.92 Å². The lowest BCUT2D eigenvalue weighted by Gasteiger charge is -2.10. The van der Waals surface area contributed by atoms with Gasteiger partial charge < -0.3 is 4.57 Å². The van der Waals surface area contributed by atoms with Crippen molar-refractivity contribution in [2.75, 3.05) is 0 Å². The van der Waals surface area contributed by atoms with Gasteiger partial charge in [-0.3, -0.25) is 13.9 Å². The van der Waals surface area contributed by atoms with Crippen LogP contribution in [-0.2, 0) is 20.6 Å². The Hall–Kier alpha value is -2.11. The molecule has 0 fully saturated rings. The van der Waals surface area contributed by atoms with Crippen LogP contribution in [0.2, 0.25) is 0 Å². The third-order valence-electron chi connectivity index (χ3n) is 3.07. The van der Waals surface area contributed by atoms with E-state index in [-0.39, 0.29) is 17.2 Å². The van der Waals surface area contributed by atoms with Crippen molar-refractivity contribution in [3.05, 3.63) is 39.8 Å². The number of fused-ring (bicyclic) bond motifs is 1. The Morgan fingerprint density at radius 1 is 1.44 bits per heavy atom. The molecule has 0 spiro atoms. The van der Waals surface area contributed by atoms with Crippen molar-refractivity contribution in [3.8, 4) is 0 Å². The van der Waals surface area contributed by atoms with Gasteiger partial charge in [0.2, 0.25) is 0 Å². The van der Waals surface area contributed by atoms with E-state index in [4.69, 9.17) is 0 Å². The summed E-state index contributed by atoms with van der Waals surface area (Å²) in [6, 6.07) is 0. The molecule has 96 valence electrons. The van der Waals surface area contributed by atoms with Crippen molar-refractivity contribution in [1.82, 2.24) is 18.7 Å². The number of hydrogen-bond donors (Lipinski definition) is 0. The van der Waals surface area contributed by atoms with E-state index in [1.165, 1.54) is 15.5 Å². The van der Waals surface area contributed by atoms with Gasteiger partial charge in [-0.2, -0.15) is 0 Å². The number of allylic oxidation sites excluding steroid dienone is 1. The van der Waals surface area contributed by atoms with Crippen molar-refractivity contribution in [2.45, 2.75) is 13.5 Å². The molecule has 2 aromatic heterocycles. The van der Waals surface area contributed by atoms with Crippen LogP contribution in [0.5, 0.6) is 0 Å². The molecule has 18 heavy (non-hydrogen) atoms. The molecule has 2 heterocycles. The molecule has 0 aliphatic rings. The summed E-state index contributed by atoms with van der Waals surface area (Å²) in [5.41, 5.74) is 0.199. The monoisotopic (exact) mass is 248 g/mol. The largest absolute Gasteiger partial charge is 0.332 e. The standard InChI is InChI=1S/C12H16N4O2/c1-5-8(2)6-16-11(17)9-10(13-7-14(9)3)15(4)12(16)18/h5,7-8H,1,6H2,2-4H3. The van der Waals surface area contributed by atoms with Crippen LogP contribution in [0.4, 0.5) is 0 Å². The minimum atomic E-state index is -0.347. The van der Waals surface area contributed by atoms with Crippen LogP contribution in [0.15, 0.2) is 28.6 Å². The van der Waals surface area contributed by atoms with Gasteiger partial charge in [0.1, 0.15) is 0 Å². The maximum Gasteiger partial charge on any atom is 0.332 e. The lowest BCUT2D eigenvalue weighted by molar-refractivity contribution is 0.520. The van der Waals surface area contributed by atoms with Crippen LogP contribution >= 0.6 is 0 Å². The van der Waals surface area contributed by atoms with Crippen molar-refractivity contribution in [3.63, 3.8) is 0 Å². The number of aromatic nitrogens is 4. The quantitative estimate of drug-likeness (QED) is 0.732. The molecule has 1 unspecified atom stereocenters. The van der Waals surface area contributed by atoms with Crippen LogP contribution in [0.1, 0.15) is 6.92 Å². The summed E-state index contributed by atoms with van der Waals surface area (Å²) in [6.07, 6.45) is 3.26. The summed E-state index contributed by atoms with van der Waals surface area (Å²) in [5.74, 6) is 0.0566. The minimum Gasteiger partial charge on any atom is -0.328 e. The summed E-state index contributed by atoms with van der Waals surface area (Å²) in [7, 11) is 3.36. The Morgan fingerprint density at radius 3 is 2.72 bits per heavy atom. The van der Waals surface area contributed by atoms with Crippen LogP contribution in [-0.4, -0.2) is 18.7 Å². The normalized spacial score (nSPS) is 12.8. The molecule has 2 rings (SSSR count). The Balaban J connectivity index is 2.81. The second-order valence-electron chi connectivity index (χ2n) is 4.50. The first-order valence-electron chi connectivity index (χ1n) is 5.70. The summed E-state index contributed by atoms with van der Waals surface area (Å²) in [5, 5.41) is 0. The molecular weight excluding hydrogens is 232 g/mol. The number of aryl methyl sites for hydroxylation is 2. The minimum absolute atomic E-state index is 0.0566. The average Bonchev–Trinajstić information content (AvgIpc) is 2.74. The molecule has 6 nitrogen and oxygen atoms in total. The topological polar surface area (TPSA) is 61.8 Å². The molecule has 0 aliphatic heterocycles. The lowest BCUT2D eigenvalue weighted by atomic mass is 10.2. The van der Waals surface area contributed by atoms with Gasteiger partial charge in [0, 0.05) is 20.6 Å². The van der Waals surface area contributed by atoms with Crippen molar-refractivity contribution < 1.29 is 0 Å². The fraction of sp³-hybridized carbons (Fsp3) is 0.417. The highest BCUT2D eigenvalue weighted by molar-refractivity contribution is 5.69. The molecule has 2 aromatic rings. The van der Waals surface area contributed by atoms with Crippen molar-refractivity contribution in [1.29, 1.82) is 0 Å². The Kier molecular flexibility index (Phi) is 2.94. The molecule has 0 bridgehead atoms. The molecule has 0 N–H and O–H groups in total. The van der Waals surface area contributed by atoms with Gasteiger partial charge in [0.15, 0.2) is 11.2 Å². The highest BCUT2D eigenvalue weighted by atomic mass is 16.2. The molecule has 0 aliphatic carbocycles. The third-order valence-corrected chi connectivity index (χ3v) is 3.07. The number of nitrogens with zero attached hydrogens (tertiary/aromatic N) is 4. The van der Waals surface area contributed by atoms with Gasteiger partial charge in [-0.05, 0) is 5.92 Å². The molecule has 0 amide bonds. The van der Waals surface area contributed by atoms with E-state index in [1.54, 1.807) is 24.7 Å². The Bertz CT molecular complexity index is 720. The second kappa shape index (κ2) is 4.29. The molecule has 0 radical (unpaired) electrons. The summed E-state index contributed by atoms with van der Waals surface area (Å²) < 4.78 is 4.26. The zero-order chi connectivity index (χ0) is 13.4. The molecule has 1 atom stereocenters. The van der Waals surface area contributed by atoms with Gasteiger partial charge in [-0.1, -0.05) is 13.0 Å². The SMILES string of the molecule is C=CC(C)Cn1c(=O)c2c(ncn2C)n(C)c1=O. The van der Waals surface area contributed by atoms with Crippen LogP contribution in [0.3, 0.4) is 0 Å². The summed E-state index contributed by atoms with van der Waals surface area (Å²) in [4.78, 5) is 28.5. The van der Waals surface area contributed by atoms with E-state index >= 15 is 0 Å². The van der Waals surface area contributed by atoms with E-state index in [0.29, 0.717) is 17.7 Å². The zero-order valence-electron chi connectivity index (χ0n) is 10.8. The first-order valence-corrected chi connectivity index (χ1v) is 5.70. The van der Waals surface area contributed by atoms with Crippen molar-refractivity contribution >= 4 is 11.2 Å². The zero-order valence-corrected chi connectivity index (χ0v) is 10.8. The smallest absolute Gasteiger partial charge is 0.328 e. The maximum atomic E-state index is 12.3. The maximum absolute atomic E-state index is 12.3. The number of hydrogen-bond acceptors (Lipinski definition) is 3. The molecule has 0 saturated carbocycles. The Labute approximate surface area is 104 Å². The highest BCUT2D eigenvalue weighted by Gasteiger charge is 2.15. The van der Waals surface area contributed by atoms with Crippen LogP contribution in [0.25, 0.3) is 11.2 Å². The third kappa shape index (κ3) is 1.70. The number of rotatable bonds is 3. The average molecular weight is 248 g/mol. The van der Waals surface area contributed by atoms with Crippen LogP contribution in [0, 0.1) is 5.92 Å². The summed E-state index contributed by atoms with van der Waals surface area (Å²) >= 11 is 0. The molecule has 6 heteroatoms. The highest BCUT2D eigenvalue weighted by Crippen LogP contribution is 2.04. The second-order valence-corrected chi connectivity index (χ2v) is 4.50. The fourth-order valence-electron chi connectivity index (χ4n) is 1.92. The van der Waals surface area contributed by atoms with Gasteiger partial charge >= 0.3 is 5.69 Å². The van der Waals surface area contributed by atoms with Gasteiger partial charge in [-0.25, -0.2) is 9.78 Å². The van der Waals surface area contributed by atoms with E-state index in [9.17, 15) is 9.59 Å². The lowest BCUT2D eigenvalue weighted by Crippen LogP contribution is -2.40. The predicted molar refractivity (Wildman–Crippen MR) is 69.6 cm³/mol. The van der Waals surface area contributed by atoms with Gasteiger partial charge in [0.05, 0.1) is 6.33 Å². The molecular formula is C12H16N4O2. The van der Waals surface area contributed by atoms with E-state index in [0.717, 1.165) is 0 Å².